The third-order valence-corrected chi connectivity index (χ3v) is 2.93. The van der Waals surface area contributed by atoms with Crippen molar-refractivity contribution >= 4 is 0 Å². The second kappa shape index (κ2) is 6.62. The molecule has 1 aromatic carbocycles. The lowest BCUT2D eigenvalue weighted by molar-refractivity contribution is 0.158. The minimum atomic E-state index is 0.187. The molecule has 0 saturated heterocycles. The SMILES string of the molecule is COc1ccc(C)cc1CN(CCO)C(C)C. The van der Waals surface area contributed by atoms with Gasteiger partial charge < -0.3 is 9.84 Å². The van der Waals surface area contributed by atoms with Crippen LogP contribution in [0.25, 0.3) is 0 Å². The van der Waals surface area contributed by atoms with E-state index in [9.17, 15) is 0 Å². The number of aliphatic hydroxyl groups is 1. The van der Waals surface area contributed by atoms with Gasteiger partial charge in [-0.3, -0.25) is 4.90 Å². The third-order valence-electron chi connectivity index (χ3n) is 2.93. The molecule has 96 valence electrons. The number of hydrogen-bond donors (Lipinski definition) is 1. The van der Waals surface area contributed by atoms with Crippen LogP contribution in [0.3, 0.4) is 0 Å². The normalized spacial score (nSPS) is 11.2. The Balaban J connectivity index is 2.87. The molecule has 0 atom stereocenters. The predicted octanol–water partition coefficient (Wildman–Crippen LogP) is 2.21. The fraction of sp³-hybridized carbons (Fsp3) is 0.571. The summed E-state index contributed by atoms with van der Waals surface area (Å²) in [4.78, 5) is 2.23. The van der Waals surface area contributed by atoms with Crippen LogP contribution in [0.1, 0.15) is 25.0 Å². The van der Waals surface area contributed by atoms with E-state index in [0.717, 1.165) is 12.3 Å². The summed E-state index contributed by atoms with van der Waals surface area (Å²) in [6, 6.07) is 6.61. The number of benzene rings is 1. The monoisotopic (exact) mass is 237 g/mol. The van der Waals surface area contributed by atoms with Gasteiger partial charge in [-0.05, 0) is 26.8 Å². The Morgan fingerprint density at radius 3 is 2.59 bits per heavy atom. The lowest BCUT2D eigenvalue weighted by Gasteiger charge is -2.26. The number of ether oxygens (including phenoxy) is 1. The molecule has 0 radical (unpaired) electrons. The molecule has 0 unspecified atom stereocenters. The zero-order valence-corrected chi connectivity index (χ0v) is 11.2. The maximum atomic E-state index is 9.07. The Bertz CT molecular complexity index is 350. The Morgan fingerprint density at radius 2 is 2.06 bits per heavy atom. The number of hydrogen-bond acceptors (Lipinski definition) is 3. The van der Waals surface area contributed by atoms with Crippen LogP contribution in [-0.2, 0) is 6.54 Å². The van der Waals surface area contributed by atoms with Crippen LogP contribution < -0.4 is 4.74 Å². The average Bonchev–Trinajstić information content (AvgIpc) is 2.28. The van der Waals surface area contributed by atoms with Crippen molar-refractivity contribution in [1.82, 2.24) is 4.90 Å². The van der Waals surface area contributed by atoms with E-state index >= 15 is 0 Å². The van der Waals surface area contributed by atoms with Gasteiger partial charge in [0.05, 0.1) is 13.7 Å². The van der Waals surface area contributed by atoms with Crippen LogP contribution in [-0.4, -0.2) is 36.3 Å². The van der Waals surface area contributed by atoms with Crippen LogP contribution in [0.4, 0.5) is 0 Å². The molecule has 0 fully saturated rings. The summed E-state index contributed by atoms with van der Waals surface area (Å²) in [5, 5.41) is 9.07. The standard InChI is InChI=1S/C14H23NO2/c1-11(2)15(7-8-16)10-13-9-12(3)5-6-14(13)17-4/h5-6,9,11,16H,7-8,10H2,1-4H3. The molecule has 0 saturated carbocycles. The quantitative estimate of drug-likeness (QED) is 0.823. The van der Waals surface area contributed by atoms with Crippen LogP contribution in [0.2, 0.25) is 0 Å². The van der Waals surface area contributed by atoms with Crippen LogP contribution >= 0.6 is 0 Å². The van der Waals surface area contributed by atoms with Crippen molar-refractivity contribution in [1.29, 1.82) is 0 Å². The summed E-state index contributed by atoms with van der Waals surface area (Å²) in [6.45, 7) is 8.04. The highest BCUT2D eigenvalue weighted by molar-refractivity contribution is 5.36. The molecule has 1 aromatic rings. The summed E-state index contributed by atoms with van der Waals surface area (Å²) < 4.78 is 5.37. The minimum absolute atomic E-state index is 0.187. The van der Waals surface area contributed by atoms with E-state index in [1.807, 2.05) is 12.1 Å². The van der Waals surface area contributed by atoms with Crippen molar-refractivity contribution in [3.8, 4) is 5.75 Å². The molecule has 0 bridgehead atoms. The van der Waals surface area contributed by atoms with Crippen molar-refractivity contribution in [3.63, 3.8) is 0 Å². The highest BCUT2D eigenvalue weighted by atomic mass is 16.5. The summed E-state index contributed by atoms with van der Waals surface area (Å²) in [6.07, 6.45) is 0. The Labute approximate surface area is 104 Å². The van der Waals surface area contributed by atoms with Gasteiger partial charge in [0.2, 0.25) is 0 Å². The van der Waals surface area contributed by atoms with Gasteiger partial charge in [0.15, 0.2) is 0 Å². The molecule has 0 aliphatic rings. The Hall–Kier alpha value is -1.06. The van der Waals surface area contributed by atoms with Gasteiger partial charge >= 0.3 is 0 Å². The highest BCUT2D eigenvalue weighted by Gasteiger charge is 2.12. The van der Waals surface area contributed by atoms with Gasteiger partial charge in [-0.2, -0.15) is 0 Å². The number of nitrogens with zero attached hydrogens (tertiary/aromatic N) is 1. The molecule has 0 aromatic heterocycles. The van der Waals surface area contributed by atoms with Gasteiger partial charge in [-0.15, -0.1) is 0 Å². The first-order valence-corrected chi connectivity index (χ1v) is 6.07. The summed E-state index contributed by atoms with van der Waals surface area (Å²) >= 11 is 0. The first kappa shape index (κ1) is 14.0. The molecule has 0 amide bonds. The Morgan fingerprint density at radius 1 is 1.35 bits per heavy atom. The topological polar surface area (TPSA) is 32.7 Å². The molecule has 3 heteroatoms. The fourth-order valence-corrected chi connectivity index (χ4v) is 1.90. The van der Waals surface area contributed by atoms with Crippen molar-refractivity contribution in [2.45, 2.75) is 33.4 Å². The van der Waals surface area contributed by atoms with Gasteiger partial charge in [0.25, 0.3) is 0 Å². The van der Waals surface area contributed by atoms with Crippen LogP contribution in [0.5, 0.6) is 5.75 Å². The average molecular weight is 237 g/mol. The molecule has 17 heavy (non-hydrogen) atoms. The van der Waals surface area contributed by atoms with Gasteiger partial charge in [-0.25, -0.2) is 0 Å². The van der Waals surface area contributed by atoms with E-state index in [-0.39, 0.29) is 6.61 Å². The lowest BCUT2D eigenvalue weighted by atomic mass is 10.1. The van der Waals surface area contributed by atoms with E-state index < -0.39 is 0 Å². The Kier molecular flexibility index (Phi) is 5.45. The van der Waals surface area contributed by atoms with Crippen molar-refractivity contribution in [3.05, 3.63) is 29.3 Å². The van der Waals surface area contributed by atoms with Crippen molar-refractivity contribution < 1.29 is 9.84 Å². The van der Waals surface area contributed by atoms with Crippen LogP contribution in [0.15, 0.2) is 18.2 Å². The summed E-state index contributed by atoms with van der Waals surface area (Å²) in [5.74, 6) is 0.916. The van der Waals surface area contributed by atoms with Crippen molar-refractivity contribution in [2.75, 3.05) is 20.3 Å². The minimum Gasteiger partial charge on any atom is -0.496 e. The molecule has 1 rings (SSSR count). The van der Waals surface area contributed by atoms with E-state index in [4.69, 9.17) is 9.84 Å². The second-order valence-electron chi connectivity index (χ2n) is 4.60. The molecule has 0 spiro atoms. The molecule has 0 aliphatic heterocycles. The molecule has 0 aliphatic carbocycles. The number of rotatable bonds is 6. The van der Waals surface area contributed by atoms with E-state index in [1.54, 1.807) is 7.11 Å². The highest BCUT2D eigenvalue weighted by Crippen LogP contribution is 2.22. The molecular formula is C14H23NO2. The first-order chi connectivity index (χ1) is 8.08. The first-order valence-electron chi connectivity index (χ1n) is 6.07. The number of methoxy groups -OCH3 is 1. The fourth-order valence-electron chi connectivity index (χ4n) is 1.90. The number of aryl methyl sites for hydroxylation is 1. The zero-order valence-electron chi connectivity index (χ0n) is 11.2. The second-order valence-corrected chi connectivity index (χ2v) is 4.60. The maximum absolute atomic E-state index is 9.07. The van der Waals surface area contributed by atoms with E-state index in [0.29, 0.717) is 12.6 Å². The zero-order chi connectivity index (χ0) is 12.8. The molecular weight excluding hydrogens is 214 g/mol. The van der Waals surface area contributed by atoms with Gasteiger partial charge in [0.1, 0.15) is 5.75 Å². The summed E-state index contributed by atoms with van der Waals surface area (Å²) in [7, 11) is 1.69. The third kappa shape index (κ3) is 4.02. The van der Waals surface area contributed by atoms with E-state index in [1.165, 1.54) is 11.1 Å². The molecule has 1 N–H and O–H groups in total. The maximum Gasteiger partial charge on any atom is 0.123 e. The van der Waals surface area contributed by atoms with E-state index in [2.05, 4.69) is 31.7 Å². The molecule has 3 nitrogen and oxygen atoms in total. The lowest BCUT2D eigenvalue weighted by Crippen LogP contribution is -2.33. The predicted molar refractivity (Wildman–Crippen MR) is 70.4 cm³/mol. The van der Waals surface area contributed by atoms with Gasteiger partial charge in [0, 0.05) is 24.7 Å². The number of aliphatic hydroxyl groups excluding tert-OH is 1. The smallest absolute Gasteiger partial charge is 0.123 e. The van der Waals surface area contributed by atoms with Crippen LogP contribution in [0, 0.1) is 6.92 Å². The molecule has 0 heterocycles. The largest absolute Gasteiger partial charge is 0.496 e. The summed E-state index contributed by atoms with van der Waals surface area (Å²) in [5.41, 5.74) is 2.41. The van der Waals surface area contributed by atoms with Crippen molar-refractivity contribution in [2.24, 2.45) is 0 Å². The van der Waals surface area contributed by atoms with Gasteiger partial charge in [-0.1, -0.05) is 17.7 Å².